The molecule has 0 amide bonds. The van der Waals surface area contributed by atoms with E-state index in [0.717, 1.165) is 24.5 Å². The molecule has 0 aliphatic rings. The summed E-state index contributed by atoms with van der Waals surface area (Å²) in [5, 5.41) is 23.0. The summed E-state index contributed by atoms with van der Waals surface area (Å²) < 4.78 is 32.4. The molecule has 1 aromatic carbocycles. The molecule has 0 radical (unpaired) electrons. The van der Waals surface area contributed by atoms with E-state index in [9.17, 15) is 33.5 Å². The molecule has 0 fully saturated rings. The topological polar surface area (TPSA) is 131 Å². The van der Waals surface area contributed by atoms with Gasteiger partial charge in [-0.1, -0.05) is 6.07 Å². The van der Waals surface area contributed by atoms with E-state index < -0.39 is 23.0 Å². The molecule has 3 N–H and O–H groups in total. The lowest BCUT2D eigenvalue weighted by atomic mass is 9.99. The normalized spacial score (nSPS) is 11.0. The first-order chi connectivity index (χ1) is 17.7. The number of unbranched alkanes of at least 4 members (excludes halogenated alkanes) is 2. The molecule has 0 saturated heterocycles. The van der Waals surface area contributed by atoms with Crippen molar-refractivity contribution in [3.63, 3.8) is 0 Å². The van der Waals surface area contributed by atoms with Gasteiger partial charge >= 0.3 is 5.97 Å². The van der Waals surface area contributed by atoms with Gasteiger partial charge in [-0.15, -0.1) is 4.73 Å². The summed E-state index contributed by atoms with van der Waals surface area (Å²) in [5.41, 5.74) is -0.382. The predicted molar refractivity (Wildman–Crippen MR) is 132 cm³/mol. The standard InChI is InChI=1S/C26H29F2N3O6/c1-16(33)37-12-4-2-3-5-17-13-20-24(29-10-11-32)23(26(35)31(36)25(20)30-15-17)22(34)9-7-18-6-8-19(27)14-21(18)28/h6,8,13-15,29,32,36H,2-5,7,9-12H2,1H3. The van der Waals surface area contributed by atoms with Crippen molar-refractivity contribution in [2.45, 2.75) is 45.4 Å². The minimum Gasteiger partial charge on any atom is -0.466 e. The number of halogens is 2. The molecule has 2 heterocycles. The molecule has 198 valence electrons. The molecule has 0 saturated carbocycles. The van der Waals surface area contributed by atoms with Crippen LogP contribution in [0.15, 0.2) is 35.3 Å². The van der Waals surface area contributed by atoms with Crippen molar-refractivity contribution in [1.82, 2.24) is 9.71 Å². The zero-order valence-electron chi connectivity index (χ0n) is 20.4. The summed E-state index contributed by atoms with van der Waals surface area (Å²) in [4.78, 5) is 41.1. The Labute approximate surface area is 211 Å². The fraction of sp³-hybridized carbons (Fsp3) is 0.385. The Bertz CT molecular complexity index is 1340. The van der Waals surface area contributed by atoms with Gasteiger partial charge in [0.2, 0.25) is 0 Å². The highest BCUT2D eigenvalue weighted by Crippen LogP contribution is 2.27. The number of aliphatic hydroxyl groups is 1. The number of aliphatic hydroxyl groups excluding tert-OH is 1. The lowest BCUT2D eigenvalue weighted by Crippen LogP contribution is -2.29. The Morgan fingerprint density at radius 2 is 1.92 bits per heavy atom. The number of hydrogen-bond acceptors (Lipinski definition) is 8. The van der Waals surface area contributed by atoms with Crippen molar-refractivity contribution in [3.05, 3.63) is 69.1 Å². The van der Waals surface area contributed by atoms with E-state index in [4.69, 9.17) is 4.74 Å². The molecule has 3 rings (SSSR count). The molecular weight excluding hydrogens is 488 g/mol. The number of pyridine rings is 2. The zero-order valence-corrected chi connectivity index (χ0v) is 20.4. The summed E-state index contributed by atoms with van der Waals surface area (Å²) in [6.45, 7) is 1.43. The van der Waals surface area contributed by atoms with Gasteiger partial charge in [-0.25, -0.2) is 13.8 Å². The van der Waals surface area contributed by atoms with Crippen LogP contribution in [-0.2, 0) is 22.4 Å². The van der Waals surface area contributed by atoms with E-state index in [1.54, 1.807) is 6.07 Å². The second-order valence-electron chi connectivity index (χ2n) is 8.54. The number of carbonyl (C=O) groups is 2. The fourth-order valence-electron chi connectivity index (χ4n) is 3.98. The molecule has 0 atom stereocenters. The number of nitrogens with one attached hydrogen (secondary N) is 1. The van der Waals surface area contributed by atoms with E-state index in [-0.39, 0.29) is 54.4 Å². The van der Waals surface area contributed by atoms with Gasteiger partial charge in [0, 0.05) is 37.5 Å². The molecule has 2 aromatic heterocycles. The number of Topliss-reactive ketones (excluding diaryl/α,β-unsaturated/α-hetero) is 1. The second kappa shape index (κ2) is 12.9. The average molecular weight is 518 g/mol. The summed E-state index contributed by atoms with van der Waals surface area (Å²) in [6.07, 6.45) is 4.04. The molecule has 3 aromatic rings. The van der Waals surface area contributed by atoms with E-state index >= 15 is 0 Å². The van der Waals surface area contributed by atoms with Gasteiger partial charge < -0.3 is 20.4 Å². The number of nitrogens with zero attached hydrogens (tertiary/aromatic N) is 2. The van der Waals surface area contributed by atoms with E-state index in [0.29, 0.717) is 35.6 Å². The number of carbonyl (C=O) groups excluding carboxylic acids is 2. The quantitative estimate of drug-likeness (QED) is 0.136. The van der Waals surface area contributed by atoms with Crippen molar-refractivity contribution < 1.29 is 33.4 Å². The maximum Gasteiger partial charge on any atom is 0.302 e. The number of esters is 1. The second-order valence-corrected chi connectivity index (χ2v) is 8.54. The first-order valence-corrected chi connectivity index (χ1v) is 11.9. The maximum atomic E-state index is 14.0. The lowest BCUT2D eigenvalue weighted by Gasteiger charge is -2.16. The van der Waals surface area contributed by atoms with Crippen LogP contribution in [0.5, 0.6) is 0 Å². The molecular formula is C26H29F2N3O6. The Morgan fingerprint density at radius 1 is 1.14 bits per heavy atom. The minimum absolute atomic E-state index is 0.0250. The van der Waals surface area contributed by atoms with Gasteiger partial charge in [-0.05, 0) is 55.4 Å². The van der Waals surface area contributed by atoms with E-state index in [1.807, 2.05) is 0 Å². The van der Waals surface area contributed by atoms with Crippen LogP contribution in [0.1, 0.15) is 54.1 Å². The number of benzene rings is 1. The highest BCUT2D eigenvalue weighted by molar-refractivity contribution is 6.07. The first kappa shape index (κ1) is 27.7. The third-order valence-electron chi connectivity index (χ3n) is 5.79. The minimum atomic E-state index is -0.997. The van der Waals surface area contributed by atoms with Crippen LogP contribution in [0.3, 0.4) is 0 Å². The number of aryl methyl sites for hydroxylation is 2. The zero-order chi connectivity index (χ0) is 26.9. The Hall–Kier alpha value is -3.86. The van der Waals surface area contributed by atoms with Crippen LogP contribution in [0.25, 0.3) is 11.0 Å². The third kappa shape index (κ3) is 7.10. The van der Waals surface area contributed by atoms with Gasteiger partial charge in [0.15, 0.2) is 11.4 Å². The number of aromatic nitrogens is 2. The number of fused-ring (bicyclic) bond motifs is 1. The van der Waals surface area contributed by atoms with Crippen molar-refractivity contribution in [2.75, 3.05) is 25.1 Å². The van der Waals surface area contributed by atoms with Crippen molar-refractivity contribution in [2.24, 2.45) is 0 Å². The highest BCUT2D eigenvalue weighted by atomic mass is 19.1. The van der Waals surface area contributed by atoms with E-state index in [2.05, 4.69) is 10.3 Å². The number of ketones is 1. The summed E-state index contributed by atoms with van der Waals surface area (Å²) in [6, 6.07) is 4.73. The average Bonchev–Trinajstić information content (AvgIpc) is 2.86. The number of rotatable bonds is 13. The molecule has 37 heavy (non-hydrogen) atoms. The number of ether oxygens (including phenoxy) is 1. The fourth-order valence-corrected chi connectivity index (χ4v) is 3.98. The smallest absolute Gasteiger partial charge is 0.302 e. The Balaban J connectivity index is 1.89. The van der Waals surface area contributed by atoms with E-state index in [1.165, 1.54) is 19.2 Å². The lowest BCUT2D eigenvalue weighted by molar-refractivity contribution is -0.141. The molecule has 0 unspecified atom stereocenters. The van der Waals surface area contributed by atoms with Gasteiger partial charge in [-0.2, -0.15) is 0 Å². The molecule has 0 bridgehead atoms. The van der Waals surface area contributed by atoms with Crippen LogP contribution < -0.4 is 10.9 Å². The molecule has 0 aliphatic heterocycles. The molecule has 0 aliphatic carbocycles. The SMILES string of the molecule is CC(=O)OCCCCCc1cnc2c(c1)c(NCCO)c(C(=O)CCc1ccc(F)cc1F)c(=O)n2O. The third-order valence-corrected chi connectivity index (χ3v) is 5.79. The Morgan fingerprint density at radius 3 is 2.62 bits per heavy atom. The van der Waals surface area contributed by atoms with Crippen LogP contribution >= 0.6 is 0 Å². The monoisotopic (exact) mass is 517 g/mol. The maximum absolute atomic E-state index is 14.0. The summed E-state index contributed by atoms with van der Waals surface area (Å²) >= 11 is 0. The first-order valence-electron chi connectivity index (χ1n) is 11.9. The van der Waals surface area contributed by atoms with Gasteiger partial charge in [-0.3, -0.25) is 14.4 Å². The van der Waals surface area contributed by atoms with Gasteiger partial charge in [0.1, 0.15) is 17.2 Å². The predicted octanol–water partition coefficient (Wildman–Crippen LogP) is 3.41. The largest absolute Gasteiger partial charge is 0.466 e. The number of hydrogen-bond donors (Lipinski definition) is 3. The van der Waals surface area contributed by atoms with Crippen molar-refractivity contribution >= 4 is 28.5 Å². The Kier molecular flexibility index (Phi) is 9.67. The summed E-state index contributed by atoms with van der Waals surface area (Å²) in [5.74, 6) is -2.53. The van der Waals surface area contributed by atoms with Crippen molar-refractivity contribution in [3.8, 4) is 0 Å². The van der Waals surface area contributed by atoms with Crippen LogP contribution in [-0.4, -0.2) is 51.5 Å². The van der Waals surface area contributed by atoms with Gasteiger partial charge in [0.05, 0.1) is 18.9 Å². The molecule has 0 spiro atoms. The van der Waals surface area contributed by atoms with Crippen LogP contribution in [0.4, 0.5) is 14.5 Å². The molecule has 11 heteroatoms. The number of anilines is 1. The summed E-state index contributed by atoms with van der Waals surface area (Å²) in [7, 11) is 0. The van der Waals surface area contributed by atoms with Crippen LogP contribution in [0.2, 0.25) is 0 Å². The highest BCUT2D eigenvalue weighted by Gasteiger charge is 2.23. The molecule has 9 nitrogen and oxygen atoms in total. The van der Waals surface area contributed by atoms with Crippen LogP contribution in [0, 0.1) is 11.6 Å². The van der Waals surface area contributed by atoms with Crippen molar-refractivity contribution in [1.29, 1.82) is 0 Å². The van der Waals surface area contributed by atoms with Gasteiger partial charge in [0.25, 0.3) is 5.56 Å².